The Morgan fingerprint density at radius 3 is 2.12 bits per heavy atom. The first-order valence-electron chi connectivity index (χ1n) is 6.54. The quantitative estimate of drug-likeness (QED) is 0.612. The molecule has 0 aromatic heterocycles. The largest absolute Gasteiger partial charge is 0.0995 e. The molecule has 1 atom stereocenters. The molecule has 0 aliphatic rings. The van der Waals surface area contributed by atoms with Gasteiger partial charge in [-0.1, -0.05) is 64.1 Å². The van der Waals surface area contributed by atoms with Crippen molar-refractivity contribution in [3.63, 3.8) is 0 Å². The number of allylic oxidation sites excluding steroid dienone is 1. The van der Waals surface area contributed by atoms with Crippen LogP contribution >= 0.6 is 0 Å². The van der Waals surface area contributed by atoms with E-state index in [0.717, 1.165) is 0 Å². The number of aryl methyl sites for hydroxylation is 1. The molecule has 1 rings (SSSR count). The van der Waals surface area contributed by atoms with Crippen molar-refractivity contribution in [2.24, 2.45) is 5.41 Å². The predicted octanol–water partition coefficient (Wildman–Crippen LogP) is 5.34. The number of hydrogen-bond donors (Lipinski definition) is 0. The Morgan fingerprint density at radius 2 is 1.71 bits per heavy atom. The van der Waals surface area contributed by atoms with E-state index in [1.807, 2.05) is 0 Å². The molecule has 1 unspecified atom stereocenters. The first-order valence-corrected chi connectivity index (χ1v) is 6.54. The second-order valence-corrected chi connectivity index (χ2v) is 6.37. The van der Waals surface area contributed by atoms with Crippen molar-refractivity contribution in [2.45, 2.75) is 53.4 Å². The minimum absolute atomic E-state index is 0.420. The van der Waals surface area contributed by atoms with Crippen LogP contribution in [0.15, 0.2) is 36.4 Å². The summed E-state index contributed by atoms with van der Waals surface area (Å²) in [6.45, 7) is 15.2. The molecule has 0 spiro atoms. The van der Waals surface area contributed by atoms with E-state index in [1.54, 1.807) is 0 Å². The third-order valence-corrected chi connectivity index (χ3v) is 3.38. The van der Waals surface area contributed by atoms with E-state index in [0.29, 0.717) is 11.3 Å². The summed E-state index contributed by atoms with van der Waals surface area (Å²) in [4.78, 5) is 0. The van der Waals surface area contributed by atoms with Crippen molar-refractivity contribution < 1.29 is 0 Å². The first-order chi connectivity index (χ1) is 7.79. The van der Waals surface area contributed by atoms with Crippen LogP contribution in [0, 0.1) is 5.41 Å². The van der Waals surface area contributed by atoms with Crippen LogP contribution in [0.5, 0.6) is 0 Å². The highest BCUT2D eigenvalue weighted by molar-refractivity contribution is 5.29. The normalized spacial score (nSPS) is 13.5. The van der Waals surface area contributed by atoms with Crippen molar-refractivity contribution in [3.05, 3.63) is 47.5 Å². The van der Waals surface area contributed by atoms with Crippen molar-refractivity contribution in [1.29, 1.82) is 0 Å². The van der Waals surface area contributed by atoms with Gasteiger partial charge in [0, 0.05) is 5.92 Å². The van der Waals surface area contributed by atoms with Gasteiger partial charge in [-0.3, -0.25) is 0 Å². The molecule has 1 aromatic rings. The average Bonchev–Trinajstić information content (AvgIpc) is 2.25. The third kappa shape index (κ3) is 4.77. The molecule has 0 aliphatic carbocycles. The van der Waals surface area contributed by atoms with Gasteiger partial charge in [-0.25, -0.2) is 0 Å². The molecule has 0 fully saturated rings. The van der Waals surface area contributed by atoms with Gasteiger partial charge < -0.3 is 0 Å². The second kappa shape index (κ2) is 5.53. The lowest BCUT2D eigenvalue weighted by molar-refractivity contribution is 0.378. The van der Waals surface area contributed by atoms with Crippen molar-refractivity contribution >= 4 is 0 Å². The van der Waals surface area contributed by atoms with E-state index in [9.17, 15) is 0 Å². The van der Waals surface area contributed by atoms with E-state index < -0.39 is 0 Å². The Hall–Kier alpha value is -1.04. The second-order valence-electron chi connectivity index (χ2n) is 6.37. The Bertz CT molecular complexity index is 362. The summed E-state index contributed by atoms with van der Waals surface area (Å²) in [5, 5.41) is 0. The van der Waals surface area contributed by atoms with Crippen LogP contribution in [0.1, 0.15) is 58.1 Å². The summed E-state index contributed by atoms with van der Waals surface area (Å²) in [5.41, 5.74) is 4.46. The van der Waals surface area contributed by atoms with Crippen LogP contribution in [0.3, 0.4) is 0 Å². The van der Waals surface area contributed by atoms with Gasteiger partial charge in [0.05, 0.1) is 0 Å². The van der Waals surface area contributed by atoms with E-state index in [1.165, 1.54) is 29.5 Å². The molecule has 0 bridgehead atoms. The average molecular weight is 230 g/mol. The van der Waals surface area contributed by atoms with Crippen LogP contribution in [-0.2, 0) is 6.42 Å². The maximum absolute atomic E-state index is 4.02. The lowest BCUT2D eigenvalue weighted by atomic mass is 9.88. The van der Waals surface area contributed by atoms with Crippen LogP contribution in [0.4, 0.5) is 0 Å². The minimum Gasteiger partial charge on any atom is -0.0995 e. The zero-order valence-electron chi connectivity index (χ0n) is 12.0. The highest BCUT2D eigenvalue weighted by Gasteiger charge is 2.10. The van der Waals surface area contributed by atoms with Crippen molar-refractivity contribution in [2.75, 3.05) is 0 Å². The molecule has 0 radical (unpaired) electrons. The zero-order valence-corrected chi connectivity index (χ0v) is 12.0. The summed E-state index contributed by atoms with van der Waals surface area (Å²) in [6.07, 6.45) is 2.41. The fourth-order valence-electron chi connectivity index (χ4n) is 1.78. The third-order valence-electron chi connectivity index (χ3n) is 3.38. The monoisotopic (exact) mass is 230 g/mol. The fourth-order valence-corrected chi connectivity index (χ4v) is 1.78. The van der Waals surface area contributed by atoms with Crippen LogP contribution < -0.4 is 0 Å². The van der Waals surface area contributed by atoms with Crippen LogP contribution in [-0.4, -0.2) is 0 Å². The molecule has 17 heavy (non-hydrogen) atoms. The van der Waals surface area contributed by atoms with Crippen LogP contribution in [0.25, 0.3) is 0 Å². The molecule has 0 nitrogen and oxygen atoms in total. The summed E-state index contributed by atoms with van der Waals surface area (Å²) >= 11 is 0. The van der Waals surface area contributed by atoms with Gasteiger partial charge in [0.25, 0.3) is 0 Å². The van der Waals surface area contributed by atoms with E-state index in [2.05, 4.69) is 65.5 Å². The van der Waals surface area contributed by atoms with Gasteiger partial charge >= 0.3 is 0 Å². The first kappa shape index (κ1) is 14.0. The van der Waals surface area contributed by atoms with Gasteiger partial charge in [0.1, 0.15) is 0 Å². The van der Waals surface area contributed by atoms with Gasteiger partial charge in [0.2, 0.25) is 0 Å². The maximum Gasteiger partial charge on any atom is 0.00143 e. The maximum atomic E-state index is 4.02. The fraction of sp³-hybridized carbons (Fsp3) is 0.529. The molecule has 0 saturated carbocycles. The summed E-state index contributed by atoms with van der Waals surface area (Å²) in [5.74, 6) is 0.465. The standard InChI is InChI=1S/C17H26/c1-13(2)14(3)16-9-7-15(8-10-16)11-12-17(4,5)6/h7-10,14H,1,11-12H2,2-6H3. The minimum atomic E-state index is 0.420. The molecule has 0 amide bonds. The number of rotatable bonds is 4. The lowest BCUT2D eigenvalue weighted by Crippen LogP contribution is -2.06. The number of hydrogen-bond acceptors (Lipinski definition) is 0. The van der Waals surface area contributed by atoms with Gasteiger partial charge in [-0.15, -0.1) is 0 Å². The van der Waals surface area contributed by atoms with Crippen molar-refractivity contribution in [1.82, 2.24) is 0 Å². The Labute approximate surface area is 107 Å². The Kier molecular flexibility index (Phi) is 4.56. The molecule has 1 aromatic carbocycles. The summed E-state index contributed by atoms with van der Waals surface area (Å²) in [6, 6.07) is 9.02. The predicted molar refractivity (Wildman–Crippen MR) is 77.4 cm³/mol. The Balaban J connectivity index is 2.65. The smallest absolute Gasteiger partial charge is 0.00143 e. The molecule has 0 aliphatic heterocycles. The van der Waals surface area contributed by atoms with Gasteiger partial charge in [-0.2, -0.15) is 0 Å². The van der Waals surface area contributed by atoms with E-state index in [-0.39, 0.29) is 0 Å². The topological polar surface area (TPSA) is 0 Å². The molecular formula is C17H26. The Morgan fingerprint density at radius 1 is 1.18 bits per heavy atom. The molecule has 0 saturated heterocycles. The SMILES string of the molecule is C=C(C)C(C)c1ccc(CCC(C)(C)C)cc1. The summed E-state index contributed by atoms with van der Waals surface area (Å²) in [7, 11) is 0. The highest BCUT2D eigenvalue weighted by atomic mass is 14.2. The molecule has 94 valence electrons. The zero-order chi connectivity index (χ0) is 13.1. The van der Waals surface area contributed by atoms with Crippen LogP contribution in [0.2, 0.25) is 0 Å². The molecule has 0 heteroatoms. The molecule has 0 N–H and O–H groups in total. The molecule has 0 heterocycles. The summed E-state index contributed by atoms with van der Waals surface area (Å²) < 4.78 is 0. The van der Waals surface area contributed by atoms with E-state index in [4.69, 9.17) is 0 Å². The van der Waals surface area contributed by atoms with E-state index >= 15 is 0 Å². The number of benzene rings is 1. The van der Waals surface area contributed by atoms with Crippen molar-refractivity contribution in [3.8, 4) is 0 Å². The highest BCUT2D eigenvalue weighted by Crippen LogP contribution is 2.24. The van der Waals surface area contributed by atoms with Gasteiger partial charge in [0.15, 0.2) is 0 Å². The molecular weight excluding hydrogens is 204 g/mol. The van der Waals surface area contributed by atoms with Gasteiger partial charge in [-0.05, 0) is 36.3 Å². The lowest BCUT2D eigenvalue weighted by Gasteiger charge is -2.18.